The van der Waals surface area contributed by atoms with E-state index in [-0.39, 0.29) is 60.8 Å². The monoisotopic (exact) mass is 184 g/mol. The quantitative estimate of drug-likeness (QED) is 0.373. The Labute approximate surface area is 103 Å². The van der Waals surface area contributed by atoms with Gasteiger partial charge in [0.2, 0.25) is 6.16 Å². The molecule has 0 radical (unpaired) electrons. The van der Waals surface area contributed by atoms with E-state index in [1.165, 1.54) is 0 Å². The van der Waals surface area contributed by atoms with Gasteiger partial charge < -0.3 is 30.1 Å². The van der Waals surface area contributed by atoms with Gasteiger partial charge in [-0.3, -0.25) is 7.32 Å². The average molecular weight is 184 g/mol. The molecule has 0 unspecified atom stereocenters. The van der Waals surface area contributed by atoms with Crippen LogP contribution in [0, 0.1) is 0 Å². The molecule has 0 aliphatic heterocycles. The van der Waals surface area contributed by atoms with Crippen molar-refractivity contribution in [1.82, 2.24) is 0 Å². The zero-order valence-electron chi connectivity index (χ0n) is 4.98. The van der Waals surface area contributed by atoms with Crippen molar-refractivity contribution in [3.63, 3.8) is 0 Å². The van der Waals surface area contributed by atoms with Gasteiger partial charge in [-0.25, -0.2) is 0 Å². The summed E-state index contributed by atoms with van der Waals surface area (Å²) in [6.07, 6.45) is -2.08. The van der Waals surface area contributed by atoms with Gasteiger partial charge in [0, 0.05) is 0 Å². The molecule has 0 amide bonds. The van der Waals surface area contributed by atoms with Crippen LogP contribution in [-0.2, 0) is 0 Å². The molecule has 0 aromatic carbocycles. The van der Waals surface area contributed by atoms with Crippen LogP contribution in [0.5, 0.6) is 0 Å². The van der Waals surface area contributed by atoms with Crippen molar-refractivity contribution in [2.45, 2.75) is 0 Å². The fourth-order valence-electron chi connectivity index (χ4n) is 0. The molecule has 0 spiro atoms. The van der Waals surface area contributed by atoms with Crippen molar-refractivity contribution in [1.29, 1.82) is 0 Å². The van der Waals surface area contributed by atoms with E-state index >= 15 is 0 Å². The van der Waals surface area contributed by atoms with Gasteiger partial charge in [-0.2, -0.15) is 0 Å². The molecule has 0 aliphatic rings. The van der Waals surface area contributed by atoms with Crippen LogP contribution in [0.4, 0.5) is 4.79 Å². The molecule has 0 fully saturated rings. The molecule has 48 valence electrons. The van der Waals surface area contributed by atoms with Crippen LogP contribution in [-0.4, -0.2) is 79.4 Å². The van der Waals surface area contributed by atoms with Gasteiger partial charge in [0.1, 0.15) is 0 Å². The van der Waals surface area contributed by atoms with E-state index < -0.39 is 13.5 Å². The molecule has 0 atom stereocenters. The first-order chi connectivity index (χ1) is 3.46. The summed E-state index contributed by atoms with van der Waals surface area (Å²) in [5.74, 6) is 0. The van der Waals surface area contributed by atoms with E-state index in [1.807, 2.05) is 0 Å². The van der Waals surface area contributed by atoms with Gasteiger partial charge in [0.25, 0.3) is 0 Å². The van der Waals surface area contributed by atoms with E-state index in [0.29, 0.717) is 0 Å². The van der Waals surface area contributed by atoms with Crippen LogP contribution >= 0.6 is 0 Å². The van der Waals surface area contributed by atoms with Gasteiger partial charge in [-0.1, -0.05) is 0 Å². The van der Waals surface area contributed by atoms with Crippen LogP contribution in [0.2, 0.25) is 0 Å². The van der Waals surface area contributed by atoms with E-state index in [9.17, 15) is 0 Å². The van der Waals surface area contributed by atoms with Crippen molar-refractivity contribution >= 4 is 74.3 Å². The SMILES string of the molecule is O=C([O-])O.[Ca+2].[Mg+2].[O-]B([O-])[O-]. The Bertz CT molecular complexity index is 62.0. The second-order valence-corrected chi connectivity index (χ2v) is 0.555. The normalized spacial score (nSPS) is 5.10. The number of carboxylic acid groups (broad SMARTS) is 2. The summed E-state index contributed by atoms with van der Waals surface area (Å²) in [5, 5.41) is 40.6. The van der Waals surface area contributed by atoms with Crippen molar-refractivity contribution in [2.24, 2.45) is 0 Å². The molecule has 0 aliphatic carbocycles. The summed E-state index contributed by atoms with van der Waals surface area (Å²) in [6.45, 7) is 0. The number of hydrogen-bond donors (Lipinski definition) is 1. The molecule has 0 heterocycles. The Morgan fingerprint density at radius 3 is 1.30 bits per heavy atom. The Hall–Kier alpha value is 1.24. The Kier molecular flexibility index (Phi) is 37.5. The second kappa shape index (κ2) is 16.7. The molecule has 6 nitrogen and oxygen atoms in total. The minimum absolute atomic E-state index is 0. The second-order valence-electron chi connectivity index (χ2n) is 0.555. The molecular formula is CHBCaMgO6. The summed E-state index contributed by atoms with van der Waals surface area (Å²) in [7, 11) is -2.92. The fraction of sp³-hybridized carbons (Fsp3) is 0. The maximum absolute atomic E-state index is 8.44. The van der Waals surface area contributed by atoms with Crippen LogP contribution in [0.25, 0.3) is 0 Å². The minimum Gasteiger partial charge on any atom is -0.907 e. The molecule has 0 aromatic heterocycles. The van der Waals surface area contributed by atoms with E-state index in [1.54, 1.807) is 0 Å². The maximum atomic E-state index is 8.44. The molecule has 0 aromatic rings. The third kappa shape index (κ3) is 408. The molecular weight excluding hydrogens is 183 g/mol. The summed E-state index contributed by atoms with van der Waals surface area (Å²) < 4.78 is 0. The third-order valence-electron chi connectivity index (χ3n) is 0. The summed E-state index contributed by atoms with van der Waals surface area (Å²) >= 11 is 0. The van der Waals surface area contributed by atoms with Gasteiger partial charge in [-0.15, -0.1) is 0 Å². The molecule has 1 N–H and O–H groups in total. The van der Waals surface area contributed by atoms with Crippen LogP contribution in [0.3, 0.4) is 0 Å². The molecule has 0 rings (SSSR count). The first-order valence-corrected chi connectivity index (χ1v) is 1.34. The molecule has 10 heavy (non-hydrogen) atoms. The van der Waals surface area contributed by atoms with Gasteiger partial charge in [0.05, 0.1) is 0 Å². The Morgan fingerprint density at radius 1 is 1.30 bits per heavy atom. The summed E-state index contributed by atoms with van der Waals surface area (Å²) in [4.78, 5) is 8.44. The van der Waals surface area contributed by atoms with Crippen LogP contribution < -0.4 is 20.2 Å². The minimum atomic E-state index is -2.92. The van der Waals surface area contributed by atoms with Crippen molar-refractivity contribution in [3.05, 3.63) is 0 Å². The molecule has 0 saturated carbocycles. The molecule has 9 heteroatoms. The smallest absolute Gasteiger partial charge is 0.907 e. The molecule has 0 bridgehead atoms. The number of carbonyl (C=O) groups is 1. The topological polar surface area (TPSA) is 130 Å². The van der Waals surface area contributed by atoms with Crippen LogP contribution in [0.15, 0.2) is 0 Å². The van der Waals surface area contributed by atoms with E-state index in [2.05, 4.69) is 0 Å². The van der Waals surface area contributed by atoms with Gasteiger partial charge in [0.15, 0.2) is 0 Å². The van der Waals surface area contributed by atoms with Gasteiger partial charge >= 0.3 is 60.8 Å². The zero-order chi connectivity index (χ0) is 7.15. The average Bonchev–Trinajstić information content (AvgIpc) is 1.25. The number of hydrogen-bond acceptors (Lipinski definition) is 5. The number of rotatable bonds is 0. The van der Waals surface area contributed by atoms with E-state index in [4.69, 9.17) is 30.1 Å². The first kappa shape index (κ1) is 22.5. The largest absolute Gasteiger partial charge is 2.00 e. The zero-order valence-corrected chi connectivity index (χ0v) is 8.60. The van der Waals surface area contributed by atoms with Crippen molar-refractivity contribution in [3.8, 4) is 0 Å². The van der Waals surface area contributed by atoms with Crippen molar-refractivity contribution < 1.29 is 30.1 Å². The fourth-order valence-corrected chi connectivity index (χ4v) is 0. The Morgan fingerprint density at radius 2 is 1.30 bits per heavy atom. The molecule has 0 saturated heterocycles. The maximum Gasteiger partial charge on any atom is 2.00 e. The Balaban J connectivity index is -0.0000000300. The van der Waals surface area contributed by atoms with Crippen LogP contribution in [0.1, 0.15) is 0 Å². The first-order valence-electron chi connectivity index (χ1n) is 1.34. The summed E-state index contributed by atoms with van der Waals surface area (Å²) in [5.41, 5.74) is 0. The predicted molar refractivity (Wildman–Crippen MR) is 25.3 cm³/mol. The van der Waals surface area contributed by atoms with Gasteiger partial charge in [-0.05, 0) is 0 Å². The third-order valence-corrected chi connectivity index (χ3v) is 0. The standard InChI is InChI=1S/CH2O3.BO3.Ca.Mg/c2*2-1(3)4;;/h(H2,2,3,4);;;/q;-3;2*+2/p-1. The summed E-state index contributed by atoms with van der Waals surface area (Å²) in [6, 6.07) is 0. The van der Waals surface area contributed by atoms with E-state index in [0.717, 1.165) is 0 Å². The predicted octanol–water partition coefficient (Wildman–Crippen LogP) is -5.82. The van der Waals surface area contributed by atoms with Crippen molar-refractivity contribution in [2.75, 3.05) is 0 Å².